The molecule has 2 atom stereocenters. The summed E-state index contributed by atoms with van der Waals surface area (Å²) in [5.74, 6) is -2.04. The van der Waals surface area contributed by atoms with E-state index in [2.05, 4.69) is 5.32 Å². The van der Waals surface area contributed by atoms with E-state index in [1.165, 1.54) is 0 Å². The Labute approximate surface area is 122 Å². The molecule has 1 aliphatic rings. The van der Waals surface area contributed by atoms with Crippen LogP contribution >= 0.6 is 0 Å². The van der Waals surface area contributed by atoms with Gasteiger partial charge in [-0.05, 0) is 25.0 Å². The molecule has 1 aromatic rings. The molecule has 0 bridgehead atoms. The van der Waals surface area contributed by atoms with E-state index in [9.17, 15) is 18.7 Å². The first-order valence-corrected chi connectivity index (χ1v) is 7.09. The van der Waals surface area contributed by atoms with Crippen molar-refractivity contribution in [3.05, 3.63) is 29.8 Å². The van der Waals surface area contributed by atoms with Gasteiger partial charge in [-0.3, -0.25) is 4.79 Å². The number of hydrogen-bond acceptors (Lipinski definition) is 3. The normalized spacial score (nSPS) is 21.9. The molecule has 0 heterocycles. The summed E-state index contributed by atoms with van der Waals surface area (Å²) < 4.78 is 31.0. The Balaban J connectivity index is 1.74. The zero-order valence-electron chi connectivity index (χ0n) is 11.6. The van der Waals surface area contributed by atoms with Crippen LogP contribution in [0.4, 0.5) is 8.78 Å². The van der Waals surface area contributed by atoms with Crippen molar-refractivity contribution >= 4 is 5.91 Å². The summed E-state index contributed by atoms with van der Waals surface area (Å²) in [6.45, 7) is 0.0423. The van der Waals surface area contributed by atoms with Gasteiger partial charge in [0.15, 0.2) is 18.2 Å². The number of carbonyl (C=O) groups excluding carboxylic acids is 1. The summed E-state index contributed by atoms with van der Waals surface area (Å²) in [6.07, 6.45) is 3.33. The lowest BCUT2D eigenvalue weighted by molar-refractivity contribution is -0.123. The van der Waals surface area contributed by atoms with E-state index in [0.717, 1.165) is 37.8 Å². The molecule has 4 nitrogen and oxygen atoms in total. The molecule has 1 aromatic carbocycles. The van der Waals surface area contributed by atoms with Gasteiger partial charge in [-0.2, -0.15) is 0 Å². The zero-order valence-corrected chi connectivity index (χ0v) is 11.6. The Morgan fingerprint density at radius 2 is 2.10 bits per heavy atom. The van der Waals surface area contributed by atoms with E-state index in [4.69, 9.17) is 4.74 Å². The van der Waals surface area contributed by atoms with Gasteiger partial charge in [0, 0.05) is 18.5 Å². The van der Waals surface area contributed by atoms with Gasteiger partial charge in [-0.25, -0.2) is 8.78 Å². The molecule has 0 saturated heterocycles. The highest BCUT2D eigenvalue weighted by Gasteiger charge is 2.23. The highest BCUT2D eigenvalue weighted by atomic mass is 19.1. The second-order valence-corrected chi connectivity index (χ2v) is 5.28. The minimum Gasteiger partial charge on any atom is -0.481 e. The van der Waals surface area contributed by atoms with Crippen LogP contribution in [-0.2, 0) is 4.79 Å². The molecule has 1 fully saturated rings. The van der Waals surface area contributed by atoms with Gasteiger partial charge in [0.05, 0.1) is 6.10 Å². The standard InChI is InChI=1S/C15H19F2NO3/c16-11-5-6-14(12(17)7-11)21-9-15(20)18-8-10-3-1-2-4-13(10)19/h5-7,10,13,19H,1-4,8-9H2,(H,18,20). The molecule has 6 heteroatoms. The van der Waals surface area contributed by atoms with Crippen LogP contribution in [0.2, 0.25) is 0 Å². The van der Waals surface area contributed by atoms with Crippen LogP contribution in [0.3, 0.4) is 0 Å². The van der Waals surface area contributed by atoms with Crippen LogP contribution in [0.15, 0.2) is 18.2 Å². The molecule has 1 saturated carbocycles. The number of halogens is 2. The fourth-order valence-electron chi connectivity index (χ4n) is 2.46. The largest absolute Gasteiger partial charge is 0.481 e. The van der Waals surface area contributed by atoms with Crippen molar-refractivity contribution in [1.82, 2.24) is 5.32 Å². The number of aliphatic hydroxyl groups is 1. The van der Waals surface area contributed by atoms with Crippen molar-refractivity contribution in [3.63, 3.8) is 0 Å². The van der Waals surface area contributed by atoms with E-state index in [1.807, 2.05) is 0 Å². The van der Waals surface area contributed by atoms with Crippen molar-refractivity contribution in [2.24, 2.45) is 5.92 Å². The highest BCUT2D eigenvalue weighted by molar-refractivity contribution is 5.77. The third-order valence-electron chi connectivity index (χ3n) is 3.68. The lowest BCUT2D eigenvalue weighted by Crippen LogP contribution is -2.38. The van der Waals surface area contributed by atoms with Gasteiger partial charge in [0.25, 0.3) is 5.91 Å². The first-order valence-electron chi connectivity index (χ1n) is 7.09. The van der Waals surface area contributed by atoms with Crippen molar-refractivity contribution in [3.8, 4) is 5.75 Å². The summed E-state index contributed by atoms with van der Waals surface area (Å²) in [6, 6.07) is 2.91. The Hall–Kier alpha value is -1.69. The first-order chi connectivity index (χ1) is 10.1. The Kier molecular flexibility index (Phi) is 5.50. The van der Waals surface area contributed by atoms with E-state index in [-0.39, 0.29) is 24.4 Å². The number of nitrogens with one attached hydrogen (secondary N) is 1. The van der Waals surface area contributed by atoms with Crippen LogP contribution in [-0.4, -0.2) is 30.3 Å². The van der Waals surface area contributed by atoms with Gasteiger partial charge in [-0.15, -0.1) is 0 Å². The number of amides is 1. The fraction of sp³-hybridized carbons (Fsp3) is 0.533. The van der Waals surface area contributed by atoms with Crippen LogP contribution in [0, 0.1) is 17.6 Å². The average molecular weight is 299 g/mol. The van der Waals surface area contributed by atoms with Crippen LogP contribution in [0.5, 0.6) is 5.75 Å². The Morgan fingerprint density at radius 1 is 1.33 bits per heavy atom. The number of carbonyl (C=O) groups is 1. The average Bonchev–Trinajstić information content (AvgIpc) is 2.45. The van der Waals surface area contributed by atoms with Crippen molar-refractivity contribution in [2.75, 3.05) is 13.2 Å². The fourth-order valence-corrected chi connectivity index (χ4v) is 2.46. The third-order valence-corrected chi connectivity index (χ3v) is 3.68. The van der Waals surface area contributed by atoms with E-state index in [0.29, 0.717) is 12.6 Å². The summed E-state index contributed by atoms with van der Waals surface area (Å²) >= 11 is 0. The number of aliphatic hydroxyl groups excluding tert-OH is 1. The molecule has 21 heavy (non-hydrogen) atoms. The monoisotopic (exact) mass is 299 g/mol. The van der Waals surface area contributed by atoms with Crippen molar-refractivity contribution in [1.29, 1.82) is 0 Å². The summed E-state index contributed by atoms with van der Waals surface area (Å²) in [5.41, 5.74) is 0. The zero-order chi connectivity index (χ0) is 15.2. The van der Waals surface area contributed by atoms with Crippen molar-refractivity contribution in [2.45, 2.75) is 31.8 Å². The molecular weight excluding hydrogens is 280 g/mol. The smallest absolute Gasteiger partial charge is 0.257 e. The van der Waals surface area contributed by atoms with E-state index < -0.39 is 17.5 Å². The first kappa shape index (κ1) is 15.7. The van der Waals surface area contributed by atoms with E-state index >= 15 is 0 Å². The predicted octanol–water partition coefficient (Wildman–Crippen LogP) is 2.01. The molecule has 2 unspecified atom stereocenters. The van der Waals surface area contributed by atoms with Gasteiger partial charge >= 0.3 is 0 Å². The van der Waals surface area contributed by atoms with Crippen LogP contribution in [0.1, 0.15) is 25.7 Å². The third kappa shape index (κ3) is 4.67. The molecule has 116 valence electrons. The lowest BCUT2D eigenvalue weighted by Gasteiger charge is -2.27. The van der Waals surface area contributed by atoms with Gasteiger partial charge in [0.2, 0.25) is 0 Å². The lowest BCUT2D eigenvalue weighted by atomic mass is 9.86. The van der Waals surface area contributed by atoms with E-state index in [1.54, 1.807) is 0 Å². The molecule has 1 aliphatic carbocycles. The molecular formula is C15H19F2NO3. The minimum atomic E-state index is -0.842. The molecule has 1 amide bonds. The summed E-state index contributed by atoms with van der Waals surface area (Å²) in [4.78, 5) is 11.6. The van der Waals surface area contributed by atoms with Crippen LogP contribution in [0.25, 0.3) is 0 Å². The minimum absolute atomic E-state index is 0.0604. The topological polar surface area (TPSA) is 58.6 Å². The van der Waals surface area contributed by atoms with Crippen molar-refractivity contribution < 1.29 is 23.4 Å². The SMILES string of the molecule is O=C(COc1ccc(F)cc1F)NCC1CCCCC1O. The quantitative estimate of drug-likeness (QED) is 0.874. The van der Waals surface area contributed by atoms with Crippen LogP contribution < -0.4 is 10.1 Å². The number of rotatable bonds is 5. The molecule has 0 aromatic heterocycles. The molecule has 0 spiro atoms. The summed E-state index contributed by atoms with van der Waals surface area (Å²) in [5, 5.41) is 12.4. The molecule has 0 aliphatic heterocycles. The second-order valence-electron chi connectivity index (χ2n) is 5.28. The Bertz CT molecular complexity index is 496. The van der Waals surface area contributed by atoms with Gasteiger partial charge < -0.3 is 15.2 Å². The maximum Gasteiger partial charge on any atom is 0.257 e. The summed E-state index contributed by atoms with van der Waals surface area (Å²) in [7, 11) is 0. The predicted molar refractivity (Wildman–Crippen MR) is 72.8 cm³/mol. The van der Waals surface area contributed by atoms with Gasteiger partial charge in [0.1, 0.15) is 5.82 Å². The maximum atomic E-state index is 13.3. The second kappa shape index (κ2) is 7.36. The maximum absolute atomic E-state index is 13.3. The number of ether oxygens (including phenoxy) is 1. The molecule has 0 radical (unpaired) electrons. The highest BCUT2D eigenvalue weighted by Crippen LogP contribution is 2.23. The Morgan fingerprint density at radius 3 is 2.81 bits per heavy atom. The molecule has 2 N–H and O–H groups in total. The molecule has 2 rings (SSSR count). The number of hydrogen-bond donors (Lipinski definition) is 2. The number of benzene rings is 1. The van der Waals surface area contributed by atoms with Gasteiger partial charge in [-0.1, -0.05) is 12.8 Å².